The Balaban J connectivity index is 1.68. The summed E-state index contributed by atoms with van der Waals surface area (Å²) >= 11 is 10.5. The Morgan fingerprint density at radius 2 is 1.97 bits per heavy atom. The molecule has 0 bridgehead atoms. The quantitative estimate of drug-likeness (QED) is 0.231. The highest BCUT2D eigenvalue weighted by atomic mass is 35.5. The lowest BCUT2D eigenvalue weighted by atomic mass is 10.1. The predicted molar refractivity (Wildman–Crippen MR) is 129 cm³/mol. The van der Waals surface area contributed by atoms with Crippen molar-refractivity contribution >= 4 is 41.9 Å². The van der Waals surface area contributed by atoms with Gasteiger partial charge in [-0.15, -0.1) is 0 Å². The molecule has 2 amide bonds. The Morgan fingerprint density at radius 3 is 2.67 bits per heavy atom. The first-order valence-electron chi connectivity index (χ1n) is 10.0. The number of hydrogen-bond acceptors (Lipinski definition) is 5. The Labute approximate surface area is 199 Å². The fourth-order valence-corrected chi connectivity index (χ4v) is 3.36. The number of carbonyl (C=O) groups excluding carboxylic acids is 1. The molecule has 33 heavy (non-hydrogen) atoms. The average molecular weight is 494 g/mol. The molecule has 174 valence electrons. The monoisotopic (exact) mass is 493 g/mol. The van der Waals surface area contributed by atoms with E-state index < -0.39 is 23.2 Å². The second-order valence-electron chi connectivity index (χ2n) is 7.19. The van der Waals surface area contributed by atoms with E-state index in [1.54, 1.807) is 12.1 Å². The molecule has 0 aliphatic heterocycles. The SMILES string of the molecule is Cc1cc(F)c(NC(=O)Nc2nc(=O)c(-c3ccc(CNCCCS)c(Cl)c3)c[nH]2)cc1F. The molecule has 0 aliphatic rings. The number of aromatic nitrogens is 2. The van der Waals surface area contributed by atoms with Gasteiger partial charge < -0.3 is 15.6 Å². The van der Waals surface area contributed by atoms with Crippen molar-refractivity contribution in [2.24, 2.45) is 0 Å². The highest BCUT2D eigenvalue weighted by molar-refractivity contribution is 7.80. The van der Waals surface area contributed by atoms with E-state index in [4.69, 9.17) is 11.6 Å². The molecule has 4 N–H and O–H groups in total. The number of amides is 2. The van der Waals surface area contributed by atoms with Crippen LogP contribution in [0.1, 0.15) is 17.5 Å². The van der Waals surface area contributed by atoms with Crippen LogP contribution in [0, 0.1) is 18.6 Å². The standard InChI is InChI=1S/C22H22ClF2N5O2S/c1-12-7-18(25)19(9-17(12)24)28-22(32)30-21-27-11-15(20(31)29-21)13-3-4-14(16(23)8-13)10-26-5-2-6-33/h3-4,7-9,11,26,33H,2,5-6,10H2,1H3,(H3,27,28,29,30,31,32). The summed E-state index contributed by atoms with van der Waals surface area (Å²) in [7, 11) is 0. The van der Waals surface area contributed by atoms with Gasteiger partial charge >= 0.3 is 6.03 Å². The van der Waals surface area contributed by atoms with E-state index >= 15 is 0 Å². The minimum Gasteiger partial charge on any atom is -0.331 e. The lowest BCUT2D eigenvalue weighted by Gasteiger charge is -2.10. The van der Waals surface area contributed by atoms with Gasteiger partial charge in [0, 0.05) is 23.8 Å². The largest absolute Gasteiger partial charge is 0.331 e. The van der Waals surface area contributed by atoms with Crippen molar-refractivity contribution in [3.63, 3.8) is 0 Å². The number of aryl methyl sites for hydroxylation is 1. The zero-order valence-corrected chi connectivity index (χ0v) is 19.3. The smallest absolute Gasteiger partial charge is 0.326 e. The van der Waals surface area contributed by atoms with Crippen LogP contribution in [0.15, 0.2) is 41.3 Å². The van der Waals surface area contributed by atoms with Crippen LogP contribution in [0.4, 0.5) is 25.2 Å². The van der Waals surface area contributed by atoms with Gasteiger partial charge in [-0.25, -0.2) is 13.6 Å². The van der Waals surface area contributed by atoms with Gasteiger partial charge in [0.1, 0.15) is 11.6 Å². The third kappa shape index (κ3) is 6.53. The molecule has 1 heterocycles. The van der Waals surface area contributed by atoms with E-state index in [-0.39, 0.29) is 22.8 Å². The molecule has 0 atom stereocenters. The Morgan fingerprint density at radius 1 is 1.18 bits per heavy atom. The van der Waals surface area contributed by atoms with Gasteiger partial charge in [0.2, 0.25) is 5.95 Å². The molecule has 7 nitrogen and oxygen atoms in total. The second kappa shape index (κ2) is 11.3. The summed E-state index contributed by atoms with van der Waals surface area (Å²) in [6, 6.07) is 6.17. The summed E-state index contributed by atoms with van der Waals surface area (Å²) in [5.41, 5.74) is 0.860. The van der Waals surface area contributed by atoms with Crippen molar-refractivity contribution in [1.82, 2.24) is 15.3 Å². The van der Waals surface area contributed by atoms with Crippen LogP contribution in [0.25, 0.3) is 11.1 Å². The summed E-state index contributed by atoms with van der Waals surface area (Å²) in [6.07, 6.45) is 2.32. The van der Waals surface area contributed by atoms with Gasteiger partial charge in [0.15, 0.2) is 0 Å². The molecule has 0 unspecified atom stereocenters. The number of thiol groups is 1. The topological polar surface area (TPSA) is 98.9 Å². The van der Waals surface area contributed by atoms with Crippen LogP contribution < -0.4 is 21.5 Å². The summed E-state index contributed by atoms with van der Waals surface area (Å²) in [6.45, 7) is 2.81. The Kier molecular flexibility index (Phi) is 8.43. The first kappa shape index (κ1) is 24.7. The second-order valence-corrected chi connectivity index (χ2v) is 8.04. The highest BCUT2D eigenvalue weighted by Crippen LogP contribution is 2.24. The maximum Gasteiger partial charge on any atom is 0.326 e. The van der Waals surface area contributed by atoms with Crippen LogP contribution in [0.5, 0.6) is 0 Å². The summed E-state index contributed by atoms with van der Waals surface area (Å²) < 4.78 is 27.5. The minimum absolute atomic E-state index is 0.109. The lowest BCUT2D eigenvalue weighted by molar-refractivity contribution is 0.262. The number of nitrogens with zero attached hydrogens (tertiary/aromatic N) is 1. The molecule has 3 rings (SSSR count). The summed E-state index contributed by atoms with van der Waals surface area (Å²) in [5, 5.41) is 8.22. The Bertz CT molecular complexity index is 1220. The molecule has 2 aromatic carbocycles. The number of hydrogen-bond donors (Lipinski definition) is 5. The molecular weight excluding hydrogens is 472 g/mol. The van der Waals surface area contributed by atoms with Crippen molar-refractivity contribution in [2.45, 2.75) is 19.9 Å². The molecule has 3 aromatic rings. The first-order valence-corrected chi connectivity index (χ1v) is 11.0. The van der Waals surface area contributed by atoms with Gasteiger partial charge in [0.25, 0.3) is 5.56 Å². The van der Waals surface area contributed by atoms with Crippen molar-refractivity contribution in [1.29, 1.82) is 0 Å². The van der Waals surface area contributed by atoms with Crippen LogP contribution >= 0.6 is 24.2 Å². The van der Waals surface area contributed by atoms with Crippen molar-refractivity contribution in [3.8, 4) is 11.1 Å². The fourth-order valence-electron chi connectivity index (χ4n) is 2.96. The maximum absolute atomic E-state index is 13.9. The van der Waals surface area contributed by atoms with Crippen molar-refractivity contribution < 1.29 is 13.6 Å². The third-order valence-corrected chi connectivity index (χ3v) is 5.38. The third-order valence-electron chi connectivity index (χ3n) is 4.72. The number of anilines is 2. The van der Waals surface area contributed by atoms with Crippen molar-refractivity contribution in [2.75, 3.05) is 22.9 Å². The zero-order chi connectivity index (χ0) is 24.0. The van der Waals surface area contributed by atoms with E-state index in [2.05, 4.69) is 38.5 Å². The van der Waals surface area contributed by atoms with Gasteiger partial charge in [-0.1, -0.05) is 23.7 Å². The number of urea groups is 1. The molecule has 0 fully saturated rings. The molecule has 1 aromatic heterocycles. The molecule has 0 radical (unpaired) electrons. The first-order chi connectivity index (χ1) is 15.8. The number of nitrogens with one attached hydrogen (secondary N) is 4. The average Bonchev–Trinajstić information content (AvgIpc) is 2.76. The van der Waals surface area contributed by atoms with E-state index in [0.29, 0.717) is 17.1 Å². The van der Waals surface area contributed by atoms with Crippen molar-refractivity contribution in [3.05, 3.63) is 74.7 Å². The van der Waals surface area contributed by atoms with Gasteiger partial charge in [0.05, 0.1) is 11.3 Å². The Hall–Kier alpha value is -2.95. The van der Waals surface area contributed by atoms with Crippen LogP contribution in [-0.2, 0) is 6.54 Å². The maximum atomic E-state index is 13.9. The fraction of sp³-hybridized carbons (Fsp3) is 0.227. The number of carbonyl (C=O) groups is 1. The summed E-state index contributed by atoms with van der Waals surface area (Å²) in [4.78, 5) is 31.1. The number of halogens is 3. The van der Waals surface area contributed by atoms with E-state index in [9.17, 15) is 18.4 Å². The summed E-state index contributed by atoms with van der Waals surface area (Å²) in [5.74, 6) is -0.826. The van der Waals surface area contributed by atoms with Gasteiger partial charge in [-0.3, -0.25) is 10.1 Å². The normalized spacial score (nSPS) is 10.8. The zero-order valence-electron chi connectivity index (χ0n) is 17.6. The molecule has 0 aliphatic carbocycles. The number of benzene rings is 2. The van der Waals surface area contributed by atoms with E-state index in [1.165, 1.54) is 13.1 Å². The molecular formula is C22H22ClF2N5O2S. The van der Waals surface area contributed by atoms with Gasteiger partial charge in [-0.2, -0.15) is 17.6 Å². The lowest BCUT2D eigenvalue weighted by Crippen LogP contribution is -2.24. The number of aromatic amines is 1. The number of H-pyrrole nitrogens is 1. The predicted octanol–water partition coefficient (Wildman–Crippen LogP) is 4.73. The van der Waals surface area contributed by atoms with E-state index in [0.717, 1.165) is 36.4 Å². The highest BCUT2D eigenvalue weighted by Gasteiger charge is 2.13. The molecule has 0 saturated heterocycles. The van der Waals surface area contributed by atoms with Crippen LogP contribution in [0.3, 0.4) is 0 Å². The number of rotatable bonds is 8. The van der Waals surface area contributed by atoms with E-state index in [1.807, 2.05) is 6.07 Å². The molecule has 0 saturated carbocycles. The molecule has 11 heteroatoms. The molecule has 0 spiro atoms. The van der Waals surface area contributed by atoms with Crippen LogP contribution in [-0.4, -0.2) is 28.3 Å². The van der Waals surface area contributed by atoms with Gasteiger partial charge in [-0.05, 0) is 54.5 Å². The van der Waals surface area contributed by atoms with Crippen LogP contribution in [0.2, 0.25) is 5.02 Å². The minimum atomic E-state index is -0.897.